The zero-order chi connectivity index (χ0) is 17.6. The molecule has 0 aliphatic rings. The highest BCUT2D eigenvalue weighted by Gasteiger charge is 2.26. The van der Waals surface area contributed by atoms with Crippen molar-refractivity contribution < 1.29 is 13.2 Å². The Morgan fingerprint density at radius 2 is 2.17 bits per heavy atom. The minimum Gasteiger partial charge on any atom is -0.346 e. The molecule has 0 aliphatic heterocycles. The van der Waals surface area contributed by atoms with Gasteiger partial charge in [0, 0.05) is 18.4 Å². The molecule has 0 atom stereocenters. The summed E-state index contributed by atoms with van der Waals surface area (Å²) in [4.78, 5) is 4.51. The molecule has 0 saturated heterocycles. The SMILES string of the molecule is FC(F)(F)CCSCCC(=S)Nc1cn(-c2cccnc2)nc1Cl. The molecule has 0 bridgehead atoms. The fourth-order valence-electron chi connectivity index (χ4n) is 1.73. The number of hydrogen-bond acceptors (Lipinski definition) is 4. The summed E-state index contributed by atoms with van der Waals surface area (Å²) in [5.41, 5.74) is 1.30. The lowest BCUT2D eigenvalue weighted by Crippen LogP contribution is -2.11. The summed E-state index contributed by atoms with van der Waals surface area (Å²) in [5.74, 6) is 0.544. The van der Waals surface area contributed by atoms with Crippen molar-refractivity contribution >= 4 is 46.3 Å². The molecule has 0 radical (unpaired) electrons. The van der Waals surface area contributed by atoms with Crippen LogP contribution in [0.5, 0.6) is 0 Å². The van der Waals surface area contributed by atoms with E-state index in [1.807, 2.05) is 6.07 Å². The molecular formula is C14H14ClF3N4S2. The number of nitrogens with one attached hydrogen (secondary N) is 1. The number of hydrogen-bond donors (Lipinski definition) is 1. The van der Waals surface area contributed by atoms with Gasteiger partial charge in [-0.25, -0.2) is 4.68 Å². The molecule has 0 unspecified atom stereocenters. The molecule has 0 saturated carbocycles. The highest BCUT2D eigenvalue weighted by atomic mass is 35.5. The second-order valence-corrected chi connectivity index (χ2v) is 6.84. The first kappa shape index (κ1) is 19.0. The van der Waals surface area contributed by atoms with E-state index in [9.17, 15) is 13.2 Å². The van der Waals surface area contributed by atoms with E-state index in [1.165, 1.54) is 11.8 Å². The summed E-state index contributed by atoms with van der Waals surface area (Å²) >= 11 is 12.5. The monoisotopic (exact) mass is 394 g/mol. The van der Waals surface area contributed by atoms with E-state index in [4.69, 9.17) is 23.8 Å². The second kappa shape index (κ2) is 8.68. The molecule has 4 nitrogen and oxygen atoms in total. The minimum atomic E-state index is -4.11. The Hall–Kier alpha value is -1.32. The van der Waals surface area contributed by atoms with Crippen LogP contribution in [0, 0.1) is 0 Å². The van der Waals surface area contributed by atoms with E-state index in [0.29, 0.717) is 22.8 Å². The third kappa shape index (κ3) is 6.29. The number of pyridine rings is 1. The van der Waals surface area contributed by atoms with E-state index < -0.39 is 12.6 Å². The van der Waals surface area contributed by atoms with Crippen LogP contribution >= 0.6 is 35.6 Å². The Bertz CT molecular complexity index is 676. The van der Waals surface area contributed by atoms with Gasteiger partial charge in [0.1, 0.15) is 0 Å². The average molecular weight is 395 g/mol. The Morgan fingerprint density at radius 3 is 2.83 bits per heavy atom. The summed E-state index contributed by atoms with van der Waals surface area (Å²) in [7, 11) is 0. The molecule has 10 heteroatoms. The molecule has 2 heterocycles. The molecule has 0 aliphatic carbocycles. The van der Waals surface area contributed by atoms with Crippen molar-refractivity contribution in [3.8, 4) is 5.69 Å². The summed E-state index contributed by atoms with van der Waals surface area (Å²) in [5, 5.41) is 7.38. The lowest BCUT2D eigenvalue weighted by atomic mass is 10.4. The molecule has 2 rings (SSSR count). The number of aromatic nitrogens is 3. The van der Waals surface area contributed by atoms with E-state index >= 15 is 0 Å². The number of anilines is 1. The minimum absolute atomic E-state index is 0.0335. The first-order chi connectivity index (χ1) is 11.3. The molecule has 0 aromatic carbocycles. The van der Waals surface area contributed by atoms with Crippen LogP contribution in [0.3, 0.4) is 0 Å². The van der Waals surface area contributed by atoms with Gasteiger partial charge >= 0.3 is 6.18 Å². The highest BCUT2D eigenvalue weighted by molar-refractivity contribution is 7.99. The third-order valence-corrected chi connectivity index (χ3v) is 4.43. The van der Waals surface area contributed by atoms with Crippen LogP contribution in [0.1, 0.15) is 12.8 Å². The molecule has 0 fully saturated rings. The van der Waals surface area contributed by atoms with Crippen LogP contribution in [0.15, 0.2) is 30.7 Å². The summed E-state index contributed by atoms with van der Waals surface area (Å²) < 4.78 is 37.7. The fraction of sp³-hybridized carbons (Fsp3) is 0.357. The Balaban J connectivity index is 1.81. The number of alkyl halides is 3. The molecule has 0 spiro atoms. The van der Waals surface area contributed by atoms with Gasteiger partial charge in [0.25, 0.3) is 0 Å². The molecule has 2 aromatic heterocycles. The first-order valence-electron chi connectivity index (χ1n) is 6.95. The smallest absolute Gasteiger partial charge is 0.346 e. The lowest BCUT2D eigenvalue weighted by Gasteiger charge is -2.07. The largest absolute Gasteiger partial charge is 0.389 e. The van der Waals surface area contributed by atoms with Crippen molar-refractivity contribution in [2.75, 3.05) is 16.8 Å². The molecule has 0 amide bonds. The molecular weight excluding hydrogens is 381 g/mol. The van der Waals surface area contributed by atoms with Gasteiger partial charge in [-0.2, -0.15) is 30.0 Å². The van der Waals surface area contributed by atoms with Crippen molar-refractivity contribution in [2.45, 2.75) is 19.0 Å². The van der Waals surface area contributed by atoms with Crippen molar-refractivity contribution in [3.63, 3.8) is 0 Å². The third-order valence-electron chi connectivity index (χ3n) is 2.86. The van der Waals surface area contributed by atoms with E-state index in [2.05, 4.69) is 15.4 Å². The van der Waals surface area contributed by atoms with Crippen molar-refractivity contribution in [2.24, 2.45) is 0 Å². The van der Waals surface area contributed by atoms with E-state index in [-0.39, 0.29) is 10.9 Å². The van der Waals surface area contributed by atoms with Gasteiger partial charge in [0.05, 0.1) is 35.2 Å². The Kier molecular flexibility index (Phi) is 6.88. The van der Waals surface area contributed by atoms with Gasteiger partial charge in [-0.3, -0.25) is 4.98 Å². The molecule has 1 N–H and O–H groups in total. The topological polar surface area (TPSA) is 42.7 Å². The molecule has 24 heavy (non-hydrogen) atoms. The maximum atomic E-state index is 12.0. The van der Waals surface area contributed by atoms with Crippen molar-refractivity contribution in [1.82, 2.24) is 14.8 Å². The van der Waals surface area contributed by atoms with Crippen LogP contribution in [-0.2, 0) is 0 Å². The van der Waals surface area contributed by atoms with Crippen LogP contribution in [-0.4, -0.2) is 37.4 Å². The summed E-state index contributed by atoms with van der Waals surface area (Å²) in [6, 6.07) is 3.61. The number of thiocarbonyl (C=S) groups is 1. The quantitative estimate of drug-likeness (QED) is 0.543. The zero-order valence-corrected chi connectivity index (χ0v) is 14.8. The number of nitrogens with zero attached hydrogens (tertiary/aromatic N) is 3. The average Bonchev–Trinajstić information content (AvgIpc) is 2.88. The van der Waals surface area contributed by atoms with Gasteiger partial charge in [-0.15, -0.1) is 0 Å². The number of rotatable bonds is 7. The zero-order valence-electron chi connectivity index (χ0n) is 12.4. The van der Waals surface area contributed by atoms with Gasteiger partial charge in [-0.05, 0) is 17.9 Å². The predicted octanol–water partition coefficient (Wildman–Crippen LogP) is 4.74. The lowest BCUT2D eigenvalue weighted by molar-refractivity contribution is -0.129. The second-order valence-electron chi connectivity index (χ2n) is 4.77. The maximum absolute atomic E-state index is 12.0. The summed E-state index contributed by atoms with van der Waals surface area (Å²) in [6.07, 6.45) is 0.540. The van der Waals surface area contributed by atoms with Crippen molar-refractivity contribution in [1.29, 1.82) is 0 Å². The highest BCUT2D eigenvalue weighted by Crippen LogP contribution is 2.24. The predicted molar refractivity (Wildman–Crippen MR) is 95.2 cm³/mol. The maximum Gasteiger partial charge on any atom is 0.389 e. The number of halogens is 4. The van der Waals surface area contributed by atoms with Crippen LogP contribution < -0.4 is 5.32 Å². The Labute approximate surface area is 151 Å². The van der Waals surface area contributed by atoms with Crippen LogP contribution in [0.25, 0.3) is 5.69 Å². The van der Waals surface area contributed by atoms with Gasteiger partial charge < -0.3 is 5.32 Å². The first-order valence-corrected chi connectivity index (χ1v) is 8.89. The normalized spacial score (nSPS) is 11.5. The summed E-state index contributed by atoms with van der Waals surface area (Å²) in [6.45, 7) is 0. The van der Waals surface area contributed by atoms with E-state index in [0.717, 1.165) is 5.69 Å². The van der Waals surface area contributed by atoms with Gasteiger partial charge in [-0.1, -0.05) is 23.8 Å². The van der Waals surface area contributed by atoms with Crippen LogP contribution in [0.2, 0.25) is 5.15 Å². The van der Waals surface area contributed by atoms with Gasteiger partial charge in [0.15, 0.2) is 5.15 Å². The van der Waals surface area contributed by atoms with Gasteiger partial charge in [0.2, 0.25) is 0 Å². The molecule has 130 valence electrons. The van der Waals surface area contributed by atoms with E-state index in [1.54, 1.807) is 29.3 Å². The van der Waals surface area contributed by atoms with Crippen LogP contribution in [0.4, 0.5) is 18.9 Å². The standard InChI is InChI=1S/C14H14ClF3N4S2/c15-13-11(9-22(21-13)10-2-1-5-19-8-10)20-12(23)3-6-24-7-4-14(16,17)18/h1-2,5,8-9H,3-4,6-7H2,(H,20,23). The Morgan fingerprint density at radius 1 is 1.38 bits per heavy atom. The van der Waals surface area contributed by atoms with Crippen molar-refractivity contribution in [3.05, 3.63) is 35.9 Å². The number of thioether (sulfide) groups is 1. The molecule has 2 aromatic rings. The fourth-order valence-corrected chi connectivity index (χ4v) is 3.17.